The van der Waals surface area contributed by atoms with E-state index in [-0.39, 0.29) is 19.2 Å². The summed E-state index contributed by atoms with van der Waals surface area (Å²) < 4.78 is 4.50. The molecule has 0 amide bonds. The fraction of sp³-hybridized carbons (Fsp3) is 0.857. The average Bonchev–Trinajstić information content (AvgIpc) is 1.99. The van der Waals surface area contributed by atoms with Crippen molar-refractivity contribution in [2.75, 3.05) is 19.8 Å². The van der Waals surface area contributed by atoms with Gasteiger partial charge in [-0.05, 0) is 13.0 Å². The van der Waals surface area contributed by atoms with E-state index in [2.05, 4.69) is 17.0 Å². The number of carbonyl (C=O) groups excluding carboxylic acids is 1. The van der Waals surface area contributed by atoms with Crippen LogP contribution in [0.4, 0.5) is 0 Å². The molecule has 0 aromatic heterocycles. The van der Waals surface area contributed by atoms with E-state index in [1.807, 2.05) is 0 Å². The van der Waals surface area contributed by atoms with Gasteiger partial charge in [0.25, 0.3) is 0 Å². The van der Waals surface area contributed by atoms with Crippen LogP contribution in [-0.2, 0) is 9.53 Å². The number of carbonyl (C=O) groups is 1. The number of hydrogen-bond acceptors (Lipinski definition) is 4. The van der Waals surface area contributed by atoms with E-state index < -0.39 is 0 Å². The molecule has 0 heterocycles. The first-order chi connectivity index (χ1) is 5.31. The van der Waals surface area contributed by atoms with Gasteiger partial charge >= 0.3 is 5.97 Å². The fourth-order valence-corrected chi connectivity index (χ4v) is 0.636. The minimum absolute atomic E-state index is 0.0334. The van der Waals surface area contributed by atoms with Crippen molar-refractivity contribution in [3.63, 3.8) is 0 Å². The molecule has 0 aromatic carbocycles. The Morgan fingerprint density at radius 3 is 2.91 bits per heavy atom. The van der Waals surface area contributed by atoms with Crippen molar-refractivity contribution < 1.29 is 9.53 Å². The van der Waals surface area contributed by atoms with Crippen LogP contribution in [0.2, 0.25) is 0 Å². The van der Waals surface area contributed by atoms with Gasteiger partial charge in [-0.1, -0.05) is 13.3 Å². The molecule has 0 aromatic rings. The van der Waals surface area contributed by atoms with Crippen LogP contribution in [0, 0.1) is 0 Å². The fourth-order valence-electron chi connectivity index (χ4n) is 0.636. The van der Waals surface area contributed by atoms with Crippen LogP contribution in [0.1, 0.15) is 19.8 Å². The number of esters is 1. The Morgan fingerprint density at radius 1 is 1.64 bits per heavy atom. The third-order valence-corrected chi connectivity index (χ3v) is 1.22. The number of unbranched alkanes of at least 4 members (excludes halogenated alkanes) is 1. The van der Waals surface area contributed by atoms with Gasteiger partial charge < -0.3 is 10.1 Å². The third kappa shape index (κ3) is 7.29. The van der Waals surface area contributed by atoms with Crippen molar-refractivity contribution in [2.24, 2.45) is 5.73 Å². The Labute approximate surface area is 67.1 Å². The van der Waals surface area contributed by atoms with Crippen molar-refractivity contribution in [2.45, 2.75) is 19.8 Å². The van der Waals surface area contributed by atoms with Gasteiger partial charge in [0, 0.05) is 0 Å². The van der Waals surface area contributed by atoms with E-state index in [4.69, 9.17) is 5.73 Å². The maximum atomic E-state index is 10.6. The van der Waals surface area contributed by atoms with Crippen LogP contribution >= 0.6 is 0 Å². The normalized spacial score (nSPS) is 9.64. The van der Waals surface area contributed by atoms with Crippen LogP contribution in [0.15, 0.2) is 0 Å². The largest absolute Gasteiger partial charge is 0.449 e. The number of nitrogens with one attached hydrogen (secondary N) is 1. The molecule has 0 aliphatic heterocycles. The molecule has 0 spiro atoms. The number of rotatable bonds is 6. The highest BCUT2D eigenvalue weighted by Gasteiger charge is 1.98. The van der Waals surface area contributed by atoms with Crippen LogP contribution in [0.25, 0.3) is 0 Å². The van der Waals surface area contributed by atoms with Crippen LogP contribution in [0.5, 0.6) is 0 Å². The summed E-state index contributed by atoms with van der Waals surface area (Å²) in [6, 6.07) is 0. The van der Waals surface area contributed by atoms with Gasteiger partial charge in [-0.3, -0.25) is 10.5 Å². The summed E-state index contributed by atoms with van der Waals surface area (Å²) in [5.41, 5.74) is 4.99. The van der Waals surface area contributed by atoms with Gasteiger partial charge in [0.05, 0.1) is 6.54 Å². The summed E-state index contributed by atoms with van der Waals surface area (Å²) >= 11 is 0. The monoisotopic (exact) mass is 160 g/mol. The molecule has 0 aliphatic rings. The molecule has 0 rings (SSSR count). The predicted octanol–water partition coefficient (Wildman–Crippen LogP) is -0.164. The Bertz CT molecular complexity index is 107. The quantitative estimate of drug-likeness (QED) is 0.322. The first kappa shape index (κ1) is 10.4. The zero-order valence-electron chi connectivity index (χ0n) is 6.93. The molecule has 4 nitrogen and oxygen atoms in total. The lowest BCUT2D eigenvalue weighted by Gasteiger charge is -2.02. The lowest BCUT2D eigenvalue weighted by Crippen LogP contribution is -2.27. The molecule has 0 unspecified atom stereocenters. The molecule has 4 heteroatoms. The highest BCUT2D eigenvalue weighted by atomic mass is 16.5. The maximum absolute atomic E-state index is 10.6. The number of nitrogens with two attached hydrogens (primary N) is 1. The minimum Gasteiger partial charge on any atom is -0.449 e. The van der Waals surface area contributed by atoms with E-state index in [1.165, 1.54) is 0 Å². The van der Waals surface area contributed by atoms with Crippen LogP contribution in [-0.4, -0.2) is 25.8 Å². The van der Waals surface area contributed by atoms with Gasteiger partial charge in [-0.25, -0.2) is 0 Å². The second-order valence-electron chi connectivity index (χ2n) is 2.21. The minimum atomic E-state index is -0.288. The molecular formula is C7H16N2O2. The van der Waals surface area contributed by atoms with Crippen molar-refractivity contribution >= 4 is 5.97 Å². The maximum Gasteiger partial charge on any atom is 0.321 e. The van der Waals surface area contributed by atoms with E-state index in [0.29, 0.717) is 0 Å². The van der Waals surface area contributed by atoms with E-state index in [1.54, 1.807) is 0 Å². The number of ether oxygens (including phenoxy) is 1. The Balaban J connectivity index is 3.04. The van der Waals surface area contributed by atoms with Gasteiger partial charge in [-0.2, -0.15) is 0 Å². The Kier molecular flexibility index (Phi) is 7.08. The van der Waals surface area contributed by atoms with Gasteiger partial charge in [0.15, 0.2) is 0 Å². The van der Waals surface area contributed by atoms with Gasteiger partial charge in [-0.15, -0.1) is 0 Å². The van der Waals surface area contributed by atoms with Crippen molar-refractivity contribution in [3.05, 3.63) is 0 Å². The smallest absolute Gasteiger partial charge is 0.321 e. The molecule has 0 saturated carbocycles. The molecule has 11 heavy (non-hydrogen) atoms. The molecule has 0 radical (unpaired) electrons. The summed E-state index contributed by atoms with van der Waals surface area (Å²) in [4.78, 5) is 10.6. The van der Waals surface area contributed by atoms with Crippen LogP contribution in [0.3, 0.4) is 0 Å². The molecule has 0 fully saturated rings. The molecule has 0 bridgehead atoms. The van der Waals surface area contributed by atoms with E-state index in [0.717, 1.165) is 19.4 Å². The van der Waals surface area contributed by atoms with Crippen molar-refractivity contribution in [3.8, 4) is 0 Å². The zero-order chi connectivity index (χ0) is 8.53. The van der Waals surface area contributed by atoms with Gasteiger partial charge in [0.1, 0.15) is 6.73 Å². The molecule has 0 atom stereocenters. The van der Waals surface area contributed by atoms with Gasteiger partial charge in [0.2, 0.25) is 0 Å². The third-order valence-electron chi connectivity index (χ3n) is 1.22. The van der Waals surface area contributed by atoms with Crippen molar-refractivity contribution in [1.82, 2.24) is 5.32 Å². The first-order valence-electron chi connectivity index (χ1n) is 3.87. The SMILES string of the molecule is CCCCNCC(=O)OCN. The lowest BCUT2D eigenvalue weighted by atomic mass is 10.3. The highest BCUT2D eigenvalue weighted by molar-refractivity contribution is 5.71. The second kappa shape index (κ2) is 7.50. The highest BCUT2D eigenvalue weighted by Crippen LogP contribution is 1.81. The average molecular weight is 160 g/mol. The summed E-state index contributed by atoms with van der Waals surface area (Å²) in [6.45, 7) is 3.18. The second-order valence-corrected chi connectivity index (χ2v) is 2.21. The van der Waals surface area contributed by atoms with Crippen LogP contribution < -0.4 is 11.1 Å². The Morgan fingerprint density at radius 2 is 2.36 bits per heavy atom. The van der Waals surface area contributed by atoms with E-state index >= 15 is 0 Å². The molecule has 0 saturated heterocycles. The zero-order valence-corrected chi connectivity index (χ0v) is 6.93. The lowest BCUT2D eigenvalue weighted by molar-refractivity contribution is -0.142. The molecule has 66 valence electrons. The molecular weight excluding hydrogens is 144 g/mol. The summed E-state index contributed by atoms with van der Waals surface area (Å²) in [5.74, 6) is -0.288. The molecule has 3 N–H and O–H groups in total. The summed E-state index contributed by atoms with van der Waals surface area (Å²) in [7, 11) is 0. The summed E-state index contributed by atoms with van der Waals surface area (Å²) in [6.07, 6.45) is 2.20. The standard InChI is InChI=1S/C7H16N2O2/c1-2-3-4-9-5-7(10)11-6-8/h9H,2-6,8H2,1H3. The Hall–Kier alpha value is -0.610. The topological polar surface area (TPSA) is 64.3 Å². The predicted molar refractivity (Wildman–Crippen MR) is 42.9 cm³/mol. The van der Waals surface area contributed by atoms with E-state index in [9.17, 15) is 4.79 Å². The first-order valence-corrected chi connectivity index (χ1v) is 3.87. The number of hydrogen-bond donors (Lipinski definition) is 2. The molecule has 0 aliphatic carbocycles. The van der Waals surface area contributed by atoms with Crippen molar-refractivity contribution in [1.29, 1.82) is 0 Å². The summed E-state index contributed by atoms with van der Waals surface area (Å²) in [5, 5.41) is 2.94.